The van der Waals surface area contributed by atoms with Gasteiger partial charge in [0.25, 0.3) is 0 Å². The lowest BCUT2D eigenvalue weighted by atomic mass is 10.1. The molecule has 2 rings (SSSR count). The molecular weight excluding hydrogens is 218 g/mol. The van der Waals surface area contributed by atoms with Crippen LogP contribution in [0.1, 0.15) is 25.1 Å². The molecule has 0 aromatic carbocycles. The molecule has 1 aromatic heterocycles. The van der Waals surface area contributed by atoms with E-state index in [4.69, 9.17) is 9.47 Å². The Morgan fingerprint density at radius 3 is 3.24 bits per heavy atom. The lowest BCUT2D eigenvalue weighted by Gasteiger charge is -2.14. The molecule has 2 unspecified atom stereocenters. The van der Waals surface area contributed by atoms with Crippen LogP contribution >= 0.6 is 0 Å². The van der Waals surface area contributed by atoms with E-state index in [9.17, 15) is 0 Å². The lowest BCUT2D eigenvalue weighted by Crippen LogP contribution is -2.19. The van der Waals surface area contributed by atoms with Crippen molar-refractivity contribution in [3.8, 4) is 0 Å². The summed E-state index contributed by atoms with van der Waals surface area (Å²) in [5, 5.41) is 3.29. The summed E-state index contributed by atoms with van der Waals surface area (Å²) in [5.74, 6) is 0. The first kappa shape index (κ1) is 12.5. The van der Waals surface area contributed by atoms with E-state index in [-0.39, 0.29) is 0 Å². The number of imidazole rings is 1. The molecule has 0 spiro atoms. The molecule has 5 nitrogen and oxygen atoms in total. The van der Waals surface area contributed by atoms with E-state index in [1.165, 1.54) is 0 Å². The molecule has 0 bridgehead atoms. The van der Waals surface area contributed by atoms with Gasteiger partial charge in [-0.15, -0.1) is 0 Å². The summed E-state index contributed by atoms with van der Waals surface area (Å²) in [5.41, 5.74) is 1.07. The van der Waals surface area contributed by atoms with Gasteiger partial charge in [-0.1, -0.05) is 0 Å². The van der Waals surface area contributed by atoms with Crippen LogP contribution in [-0.4, -0.2) is 42.5 Å². The normalized spacial score (nSPS) is 24.4. The molecule has 0 radical (unpaired) electrons. The Balaban J connectivity index is 1.83. The van der Waals surface area contributed by atoms with Crippen molar-refractivity contribution in [1.29, 1.82) is 0 Å². The lowest BCUT2D eigenvalue weighted by molar-refractivity contribution is 0.107. The van der Waals surface area contributed by atoms with Gasteiger partial charge in [-0.3, -0.25) is 0 Å². The van der Waals surface area contributed by atoms with Crippen LogP contribution in [-0.2, 0) is 16.0 Å². The van der Waals surface area contributed by atoms with Crippen LogP contribution in [0.25, 0.3) is 0 Å². The minimum absolute atomic E-state index is 0.290. The van der Waals surface area contributed by atoms with Crippen molar-refractivity contribution in [2.75, 3.05) is 26.9 Å². The average molecular weight is 239 g/mol. The Bertz CT molecular complexity index is 340. The van der Waals surface area contributed by atoms with Crippen LogP contribution in [0, 0.1) is 0 Å². The van der Waals surface area contributed by atoms with Crippen LogP contribution in [0.5, 0.6) is 0 Å². The number of aromatic nitrogens is 2. The van der Waals surface area contributed by atoms with Gasteiger partial charge in [-0.05, 0) is 13.3 Å². The second-order valence-electron chi connectivity index (χ2n) is 4.41. The summed E-state index contributed by atoms with van der Waals surface area (Å²) in [6.45, 7) is 5.35. The predicted octanol–water partition coefficient (Wildman–Crippen LogP) is 0.969. The van der Waals surface area contributed by atoms with E-state index in [0.717, 1.165) is 38.4 Å². The summed E-state index contributed by atoms with van der Waals surface area (Å²) >= 11 is 0. The zero-order chi connectivity index (χ0) is 12.1. The van der Waals surface area contributed by atoms with Crippen LogP contribution < -0.4 is 5.32 Å². The quantitative estimate of drug-likeness (QED) is 0.751. The highest BCUT2D eigenvalue weighted by Crippen LogP contribution is 2.25. The molecule has 17 heavy (non-hydrogen) atoms. The van der Waals surface area contributed by atoms with E-state index >= 15 is 0 Å². The monoisotopic (exact) mass is 239 g/mol. The minimum Gasteiger partial charge on any atom is -0.383 e. The molecule has 2 heterocycles. The van der Waals surface area contributed by atoms with E-state index in [2.05, 4.69) is 28.0 Å². The molecule has 1 saturated heterocycles. The molecule has 1 aliphatic heterocycles. The molecule has 1 aliphatic rings. The molecule has 0 amide bonds. The third kappa shape index (κ3) is 3.28. The standard InChI is InChI=1S/C12H21N3O2/c1-10-12(3-5-17-10)15-8-11(14-9-15)7-13-4-6-16-2/h8-10,12-13H,3-7H2,1-2H3. The van der Waals surface area contributed by atoms with Crippen molar-refractivity contribution >= 4 is 0 Å². The van der Waals surface area contributed by atoms with Gasteiger partial charge in [-0.2, -0.15) is 0 Å². The predicted molar refractivity (Wildman–Crippen MR) is 64.9 cm³/mol. The molecule has 96 valence electrons. The third-order valence-corrected chi connectivity index (χ3v) is 3.16. The Labute approximate surface area is 102 Å². The molecule has 5 heteroatoms. The fourth-order valence-corrected chi connectivity index (χ4v) is 2.15. The van der Waals surface area contributed by atoms with Crippen LogP contribution in [0.3, 0.4) is 0 Å². The van der Waals surface area contributed by atoms with Crippen LogP contribution in [0.4, 0.5) is 0 Å². The molecule has 1 fully saturated rings. The van der Waals surface area contributed by atoms with Crippen molar-refractivity contribution in [1.82, 2.24) is 14.9 Å². The number of rotatable bonds is 6. The summed E-state index contributed by atoms with van der Waals surface area (Å²) < 4.78 is 12.7. The summed E-state index contributed by atoms with van der Waals surface area (Å²) in [6, 6.07) is 0.440. The molecule has 1 aromatic rings. The van der Waals surface area contributed by atoms with Gasteiger partial charge < -0.3 is 19.4 Å². The number of hydrogen-bond donors (Lipinski definition) is 1. The maximum atomic E-state index is 5.56. The van der Waals surface area contributed by atoms with E-state index in [1.807, 2.05) is 6.33 Å². The maximum absolute atomic E-state index is 5.56. The van der Waals surface area contributed by atoms with Gasteiger partial charge >= 0.3 is 0 Å². The van der Waals surface area contributed by atoms with Gasteiger partial charge in [0, 0.05) is 33.0 Å². The first-order valence-corrected chi connectivity index (χ1v) is 6.15. The number of nitrogens with zero attached hydrogens (tertiary/aromatic N) is 2. The second-order valence-corrected chi connectivity index (χ2v) is 4.41. The largest absolute Gasteiger partial charge is 0.383 e. The number of ether oxygens (including phenoxy) is 2. The van der Waals surface area contributed by atoms with Gasteiger partial charge in [-0.25, -0.2) is 4.98 Å². The highest BCUT2D eigenvalue weighted by Gasteiger charge is 2.25. The average Bonchev–Trinajstić information content (AvgIpc) is 2.93. The summed E-state index contributed by atoms with van der Waals surface area (Å²) in [6.07, 6.45) is 5.38. The van der Waals surface area contributed by atoms with Gasteiger partial charge in [0.1, 0.15) is 0 Å². The zero-order valence-corrected chi connectivity index (χ0v) is 10.6. The highest BCUT2D eigenvalue weighted by atomic mass is 16.5. The first-order valence-electron chi connectivity index (χ1n) is 6.15. The third-order valence-electron chi connectivity index (χ3n) is 3.16. The van der Waals surface area contributed by atoms with Crippen molar-refractivity contribution in [2.45, 2.75) is 32.0 Å². The molecule has 2 atom stereocenters. The second kappa shape index (κ2) is 6.14. The van der Waals surface area contributed by atoms with Crippen molar-refractivity contribution < 1.29 is 9.47 Å². The Kier molecular flexibility index (Phi) is 4.53. The summed E-state index contributed by atoms with van der Waals surface area (Å²) in [4.78, 5) is 4.40. The molecule has 0 saturated carbocycles. The van der Waals surface area contributed by atoms with Crippen molar-refractivity contribution in [3.63, 3.8) is 0 Å². The smallest absolute Gasteiger partial charge is 0.0953 e. The van der Waals surface area contributed by atoms with E-state index in [1.54, 1.807) is 7.11 Å². The SMILES string of the molecule is COCCNCc1cn(C2CCOC2C)cn1. The van der Waals surface area contributed by atoms with Gasteiger partial charge in [0.2, 0.25) is 0 Å². The number of nitrogens with one attached hydrogen (secondary N) is 1. The maximum Gasteiger partial charge on any atom is 0.0953 e. The Morgan fingerprint density at radius 1 is 1.65 bits per heavy atom. The van der Waals surface area contributed by atoms with Gasteiger partial charge in [0.05, 0.1) is 30.8 Å². The van der Waals surface area contributed by atoms with E-state index < -0.39 is 0 Å². The van der Waals surface area contributed by atoms with Crippen LogP contribution in [0.2, 0.25) is 0 Å². The number of methoxy groups -OCH3 is 1. The fraction of sp³-hybridized carbons (Fsp3) is 0.750. The molecule has 1 N–H and O–H groups in total. The Morgan fingerprint density at radius 2 is 2.53 bits per heavy atom. The van der Waals surface area contributed by atoms with Crippen LogP contribution in [0.15, 0.2) is 12.5 Å². The molecule has 0 aliphatic carbocycles. The highest BCUT2D eigenvalue weighted by molar-refractivity contribution is 4.99. The fourth-order valence-electron chi connectivity index (χ4n) is 2.15. The minimum atomic E-state index is 0.290. The topological polar surface area (TPSA) is 48.3 Å². The van der Waals surface area contributed by atoms with E-state index in [0.29, 0.717) is 12.1 Å². The van der Waals surface area contributed by atoms with Crippen molar-refractivity contribution in [2.24, 2.45) is 0 Å². The van der Waals surface area contributed by atoms with Crippen molar-refractivity contribution in [3.05, 3.63) is 18.2 Å². The molecular formula is C12H21N3O2. The summed E-state index contributed by atoms with van der Waals surface area (Å²) in [7, 11) is 1.71. The Hall–Kier alpha value is -0.910. The number of hydrogen-bond acceptors (Lipinski definition) is 4. The van der Waals surface area contributed by atoms with Gasteiger partial charge in [0.15, 0.2) is 0 Å². The first-order chi connectivity index (χ1) is 8.31. The zero-order valence-electron chi connectivity index (χ0n) is 10.6.